The van der Waals surface area contributed by atoms with E-state index in [2.05, 4.69) is 49.5 Å². The normalized spacial score (nSPS) is 14.7. The van der Waals surface area contributed by atoms with Gasteiger partial charge >= 0.3 is 0 Å². The van der Waals surface area contributed by atoms with Crippen LogP contribution in [-0.4, -0.2) is 43.2 Å². The van der Waals surface area contributed by atoms with Gasteiger partial charge in [-0.15, -0.1) is 24.0 Å². The smallest absolute Gasteiger partial charge is 0.194 e. The van der Waals surface area contributed by atoms with Crippen LogP contribution in [0, 0.1) is 0 Å². The molecule has 0 atom stereocenters. The van der Waals surface area contributed by atoms with E-state index in [1.165, 1.54) is 43.6 Å². The monoisotopic (exact) mass is 469 g/mol. The Morgan fingerprint density at radius 2 is 1.92 bits per heavy atom. The third-order valence-electron chi connectivity index (χ3n) is 4.57. The fraction of sp³-hybridized carbons (Fsp3) is 0.474. The third-order valence-corrected chi connectivity index (χ3v) is 4.57. The van der Waals surface area contributed by atoms with Gasteiger partial charge in [-0.1, -0.05) is 17.3 Å². The van der Waals surface area contributed by atoms with Crippen molar-refractivity contribution in [2.75, 3.05) is 32.1 Å². The maximum atomic E-state index is 4.85. The first-order chi connectivity index (χ1) is 12.3. The molecule has 2 heterocycles. The maximum absolute atomic E-state index is 4.85. The molecule has 1 N–H and O–H groups in total. The summed E-state index contributed by atoms with van der Waals surface area (Å²) in [5.74, 6) is 0.836. The Kier molecular flexibility index (Phi) is 8.21. The second-order valence-corrected chi connectivity index (χ2v) is 6.46. The molecule has 6 nitrogen and oxygen atoms in total. The van der Waals surface area contributed by atoms with Crippen LogP contribution < -0.4 is 10.2 Å². The Hall–Kier alpha value is -1.77. The number of hydrogen-bond donors (Lipinski definition) is 1. The second kappa shape index (κ2) is 10.4. The van der Waals surface area contributed by atoms with Crippen LogP contribution in [0.2, 0.25) is 0 Å². The molecule has 2 aromatic rings. The van der Waals surface area contributed by atoms with Crippen molar-refractivity contribution in [3.05, 3.63) is 47.9 Å². The van der Waals surface area contributed by atoms with Crippen LogP contribution in [0.25, 0.3) is 0 Å². The number of benzene rings is 1. The van der Waals surface area contributed by atoms with E-state index in [0.29, 0.717) is 6.54 Å². The lowest BCUT2D eigenvalue weighted by Crippen LogP contribution is -2.38. The molecule has 3 rings (SSSR count). The minimum Gasteiger partial charge on any atom is -0.372 e. The fourth-order valence-electron chi connectivity index (χ4n) is 3.20. The Morgan fingerprint density at radius 3 is 2.54 bits per heavy atom. The lowest BCUT2D eigenvalue weighted by Gasteiger charge is -2.29. The van der Waals surface area contributed by atoms with Crippen molar-refractivity contribution >= 4 is 35.6 Å². The number of anilines is 1. The number of rotatable bonds is 5. The van der Waals surface area contributed by atoms with Crippen molar-refractivity contribution in [1.82, 2.24) is 15.4 Å². The number of aromatic nitrogens is 1. The van der Waals surface area contributed by atoms with Gasteiger partial charge in [-0.2, -0.15) is 0 Å². The zero-order chi connectivity index (χ0) is 17.5. The van der Waals surface area contributed by atoms with Gasteiger partial charge in [0.15, 0.2) is 5.96 Å². The van der Waals surface area contributed by atoms with Gasteiger partial charge in [0.2, 0.25) is 0 Å². The molecule has 1 saturated heterocycles. The van der Waals surface area contributed by atoms with Gasteiger partial charge in [-0.05, 0) is 37.0 Å². The lowest BCUT2D eigenvalue weighted by atomic mass is 10.1. The van der Waals surface area contributed by atoms with Crippen molar-refractivity contribution in [2.24, 2.45) is 4.99 Å². The predicted octanol–water partition coefficient (Wildman–Crippen LogP) is 3.49. The van der Waals surface area contributed by atoms with Crippen LogP contribution in [0.1, 0.15) is 30.5 Å². The zero-order valence-electron chi connectivity index (χ0n) is 15.5. The molecule has 142 valence electrons. The van der Waals surface area contributed by atoms with E-state index in [0.717, 1.165) is 18.2 Å². The van der Waals surface area contributed by atoms with Crippen LogP contribution in [-0.2, 0) is 13.1 Å². The summed E-state index contributed by atoms with van der Waals surface area (Å²) in [5, 5.41) is 7.20. The predicted molar refractivity (Wildman–Crippen MR) is 116 cm³/mol. The molecular formula is C19H28IN5O. The SMILES string of the molecule is CN=C(NCc1ccon1)N(C)Cc1ccc(N2CCCCC2)cc1.I. The molecule has 1 aromatic carbocycles. The van der Waals surface area contributed by atoms with Crippen molar-refractivity contribution in [3.8, 4) is 0 Å². The largest absolute Gasteiger partial charge is 0.372 e. The first-order valence-electron chi connectivity index (χ1n) is 8.91. The highest BCUT2D eigenvalue weighted by molar-refractivity contribution is 14.0. The highest BCUT2D eigenvalue weighted by Crippen LogP contribution is 2.20. The van der Waals surface area contributed by atoms with Gasteiger partial charge in [0.1, 0.15) is 12.0 Å². The van der Waals surface area contributed by atoms with Gasteiger partial charge in [-0.3, -0.25) is 4.99 Å². The number of nitrogens with one attached hydrogen (secondary N) is 1. The van der Waals surface area contributed by atoms with Crippen molar-refractivity contribution in [1.29, 1.82) is 0 Å². The van der Waals surface area contributed by atoms with Crippen LogP contribution in [0.4, 0.5) is 5.69 Å². The molecule has 1 fully saturated rings. The van der Waals surface area contributed by atoms with Gasteiger partial charge in [-0.25, -0.2) is 0 Å². The molecule has 0 spiro atoms. The van der Waals surface area contributed by atoms with Crippen molar-refractivity contribution in [3.63, 3.8) is 0 Å². The number of halogens is 1. The summed E-state index contributed by atoms with van der Waals surface area (Å²) in [6.45, 7) is 3.76. The van der Waals surface area contributed by atoms with Crippen molar-refractivity contribution in [2.45, 2.75) is 32.4 Å². The molecule has 1 aromatic heterocycles. The Bertz CT molecular complexity index is 666. The number of piperidine rings is 1. The van der Waals surface area contributed by atoms with Gasteiger partial charge < -0.3 is 19.6 Å². The molecule has 0 amide bonds. The van der Waals surface area contributed by atoms with E-state index >= 15 is 0 Å². The van der Waals surface area contributed by atoms with Crippen LogP contribution in [0.15, 0.2) is 46.1 Å². The minimum atomic E-state index is 0. The highest BCUT2D eigenvalue weighted by Gasteiger charge is 2.11. The first kappa shape index (κ1) is 20.5. The summed E-state index contributed by atoms with van der Waals surface area (Å²) in [5.41, 5.74) is 3.47. The molecule has 0 saturated carbocycles. The molecular weight excluding hydrogens is 441 g/mol. The second-order valence-electron chi connectivity index (χ2n) is 6.46. The van der Waals surface area contributed by atoms with E-state index in [-0.39, 0.29) is 24.0 Å². The summed E-state index contributed by atoms with van der Waals surface area (Å²) < 4.78 is 4.85. The van der Waals surface area contributed by atoms with Gasteiger partial charge in [0.05, 0.1) is 6.54 Å². The Balaban J connectivity index is 0.00000243. The zero-order valence-corrected chi connectivity index (χ0v) is 17.8. The summed E-state index contributed by atoms with van der Waals surface area (Å²) in [4.78, 5) is 8.93. The summed E-state index contributed by atoms with van der Waals surface area (Å²) in [6.07, 6.45) is 5.54. The molecule has 0 unspecified atom stereocenters. The molecule has 0 bridgehead atoms. The summed E-state index contributed by atoms with van der Waals surface area (Å²) >= 11 is 0. The van der Waals surface area contributed by atoms with Gasteiger partial charge in [0.25, 0.3) is 0 Å². The average molecular weight is 469 g/mol. The number of guanidine groups is 1. The van der Waals surface area contributed by atoms with Crippen LogP contribution in [0.3, 0.4) is 0 Å². The third kappa shape index (κ3) is 5.62. The fourth-order valence-corrected chi connectivity index (χ4v) is 3.20. The van der Waals surface area contributed by atoms with E-state index in [1.807, 2.05) is 13.1 Å². The van der Waals surface area contributed by atoms with Crippen LogP contribution >= 0.6 is 24.0 Å². The number of nitrogens with zero attached hydrogens (tertiary/aromatic N) is 4. The molecule has 0 aliphatic carbocycles. The first-order valence-corrected chi connectivity index (χ1v) is 8.91. The number of hydrogen-bond acceptors (Lipinski definition) is 4. The van der Waals surface area contributed by atoms with E-state index in [9.17, 15) is 0 Å². The Labute approximate surface area is 172 Å². The molecule has 1 aliphatic rings. The topological polar surface area (TPSA) is 56.9 Å². The van der Waals surface area contributed by atoms with E-state index < -0.39 is 0 Å². The average Bonchev–Trinajstić information content (AvgIpc) is 3.17. The quantitative estimate of drug-likeness (QED) is 0.413. The highest BCUT2D eigenvalue weighted by atomic mass is 127. The van der Waals surface area contributed by atoms with Crippen LogP contribution in [0.5, 0.6) is 0 Å². The van der Waals surface area contributed by atoms with E-state index in [4.69, 9.17) is 4.52 Å². The lowest BCUT2D eigenvalue weighted by molar-refractivity contribution is 0.409. The minimum absolute atomic E-state index is 0. The maximum Gasteiger partial charge on any atom is 0.194 e. The van der Waals surface area contributed by atoms with Gasteiger partial charge in [0, 0.05) is 45.5 Å². The Morgan fingerprint density at radius 1 is 1.19 bits per heavy atom. The number of aliphatic imine (C=N–C) groups is 1. The van der Waals surface area contributed by atoms with Crippen molar-refractivity contribution < 1.29 is 4.52 Å². The molecule has 26 heavy (non-hydrogen) atoms. The summed E-state index contributed by atoms with van der Waals surface area (Å²) in [7, 11) is 3.83. The molecule has 1 aliphatic heterocycles. The molecule has 0 radical (unpaired) electrons. The standard InChI is InChI=1S/C19H27N5O.HI/c1-20-19(21-14-17-10-13-25-22-17)23(2)15-16-6-8-18(9-7-16)24-11-4-3-5-12-24;/h6-10,13H,3-5,11-12,14-15H2,1-2H3,(H,20,21);1H. The molecule has 7 heteroatoms. The summed E-state index contributed by atoms with van der Waals surface area (Å²) in [6, 6.07) is 10.7. The van der Waals surface area contributed by atoms with E-state index in [1.54, 1.807) is 13.3 Å².